The number of rotatable bonds is 0. The van der Waals surface area contributed by atoms with E-state index in [0.29, 0.717) is 13.2 Å². The van der Waals surface area contributed by atoms with Crippen LogP contribution in [0.3, 0.4) is 0 Å². The van der Waals surface area contributed by atoms with Gasteiger partial charge in [0.1, 0.15) is 12.4 Å². The van der Waals surface area contributed by atoms with Gasteiger partial charge in [0.15, 0.2) is 11.5 Å². The number of aromatic nitrogens is 1. The summed E-state index contributed by atoms with van der Waals surface area (Å²) in [5.41, 5.74) is 2.11. The molecule has 0 amide bonds. The number of fused-ring (bicyclic) bond motifs is 3. The summed E-state index contributed by atoms with van der Waals surface area (Å²) < 4.78 is 17.5. The summed E-state index contributed by atoms with van der Waals surface area (Å²) in [5.74, 6) is 2.48. The molecule has 0 spiro atoms. The second-order valence-corrected chi connectivity index (χ2v) is 6.50. The first kappa shape index (κ1) is 17.1. The van der Waals surface area contributed by atoms with Crippen molar-refractivity contribution in [2.45, 2.75) is 19.3 Å². The molecule has 0 atom stereocenters. The van der Waals surface area contributed by atoms with E-state index in [1.165, 1.54) is 12.8 Å². The molecule has 0 saturated carbocycles. The van der Waals surface area contributed by atoms with Crippen molar-refractivity contribution in [2.75, 3.05) is 44.4 Å². The first-order chi connectivity index (χ1) is 12.9. The fraction of sp³-hybridized carbons (Fsp3) is 0.450. The second kappa shape index (κ2) is 8.38. The van der Waals surface area contributed by atoms with Gasteiger partial charge in [-0.15, -0.1) is 0 Å². The highest BCUT2D eigenvalue weighted by molar-refractivity contribution is 5.78. The molecule has 2 aliphatic rings. The minimum atomic E-state index is 0.542. The standard InChI is InChI=1S/C20H25N3O3/c1-2-7-21-9-11-24-12-13-25-16-4-5-19-18(14-16)23(10-3-1)17-6-8-22-15-20(17)26-19/h4-6,8,14-15,21H,1-3,7,9-13H2. The maximum absolute atomic E-state index is 6.05. The van der Waals surface area contributed by atoms with Crippen LogP contribution in [0.25, 0.3) is 0 Å². The lowest BCUT2D eigenvalue weighted by atomic mass is 10.1. The highest BCUT2D eigenvalue weighted by Crippen LogP contribution is 2.47. The summed E-state index contributed by atoms with van der Waals surface area (Å²) in [6.45, 7) is 4.72. The van der Waals surface area contributed by atoms with Crippen LogP contribution in [0.5, 0.6) is 17.2 Å². The van der Waals surface area contributed by atoms with Crippen molar-refractivity contribution in [3.63, 3.8) is 0 Å². The Morgan fingerprint density at radius 3 is 2.92 bits per heavy atom. The van der Waals surface area contributed by atoms with Crippen LogP contribution >= 0.6 is 0 Å². The van der Waals surface area contributed by atoms with Crippen molar-refractivity contribution in [2.24, 2.45) is 0 Å². The molecule has 4 rings (SSSR count). The molecule has 2 bridgehead atoms. The predicted molar refractivity (Wildman–Crippen MR) is 101 cm³/mol. The van der Waals surface area contributed by atoms with Gasteiger partial charge in [0, 0.05) is 25.4 Å². The monoisotopic (exact) mass is 355 g/mol. The smallest absolute Gasteiger partial charge is 0.169 e. The van der Waals surface area contributed by atoms with Crippen molar-refractivity contribution in [1.82, 2.24) is 10.3 Å². The first-order valence-electron chi connectivity index (χ1n) is 9.36. The molecule has 1 N–H and O–H groups in total. The van der Waals surface area contributed by atoms with Crippen molar-refractivity contribution >= 4 is 11.4 Å². The largest absolute Gasteiger partial charge is 0.491 e. The van der Waals surface area contributed by atoms with Crippen LogP contribution in [0, 0.1) is 0 Å². The zero-order chi connectivity index (χ0) is 17.6. The minimum Gasteiger partial charge on any atom is -0.491 e. The molecular weight excluding hydrogens is 330 g/mol. The maximum atomic E-state index is 6.05. The molecule has 6 nitrogen and oxygen atoms in total. The van der Waals surface area contributed by atoms with Gasteiger partial charge in [-0.2, -0.15) is 0 Å². The van der Waals surface area contributed by atoms with Crippen LogP contribution in [0.15, 0.2) is 36.7 Å². The molecule has 0 radical (unpaired) electrons. The predicted octanol–water partition coefficient (Wildman–Crippen LogP) is 3.49. The van der Waals surface area contributed by atoms with Gasteiger partial charge in [-0.1, -0.05) is 6.42 Å². The van der Waals surface area contributed by atoms with Crippen LogP contribution in [0.1, 0.15) is 19.3 Å². The Kier molecular flexibility index (Phi) is 5.52. The van der Waals surface area contributed by atoms with E-state index >= 15 is 0 Å². The average Bonchev–Trinajstić information content (AvgIpc) is 2.67. The van der Waals surface area contributed by atoms with Crippen LogP contribution < -0.4 is 19.7 Å². The minimum absolute atomic E-state index is 0.542. The molecular formula is C20H25N3O3. The number of nitrogens with one attached hydrogen (secondary N) is 1. The van der Waals surface area contributed by atoms with Crippen molar-refractivity contribution in [1.29, 1.82) is 0 Å². The number of nitrogens with zero attached hydrogens (tertiary/aromatic N) is 2. The molecule has 138 valence electrons. The van der Waals surface area contributed by atoms with Gasteiger partial charge in [-0.25, -0.2) is 0 Å². The number of benzene rings is 1. The summed E-state index contributed by atoms with van der Waals surface area (Å²) in [5, 5.41) is 3.43. The van der Waals surface area contributed by atoms with E-state index in [-0.39, 0.29) is 0 Å². The van der Waals surface area contributed by atoms with Gasteiger partial charge >= 0.3 is 0 Å². The Morgan fingerprint density at radius 2 is 1.92 bits per heavy atom. The second-order valence-electron chi connectivity index (χ2n) is 6.50. The highest BCUT2D eigenvalue weighted by atomic mass is 16.5. The average molecular weight is 355 g/mol. The molecule has 0 aliphatic carbocycles. The zero-order valence-electron chi connectivity index (χ0n) is 14.9. The molecule has 1 aromatic carbocycles. The van der Waals surface area contributed by atoms with Gasteiger partial charge < -0.3 is 24.4 Å². The summed E-state index contributed by atoms with van der Waals surface area (Å²) >= 11 is 0. The van der Waals surface area contributed by atoms with Gasteiger partial charge in [0.25, 0.3) is 0 Å². The topological polar surface area (TPSA) is 55.9 Å². The number of ether oxygens (including phenoxy) is 3. The Morgan fingerprint density at radius 1 is 0.923 bits per heavy atom. The van der Waals surface area contributed by atoms with Crippen molar-refractivity contribution in [3.8, 4) is 17.2 Å². The SMILES string of the molecule is c1cc2c(cn1)Oc1ccc3cc1N2CCCCCNCCOCCO3. The van der Waals surface area contributed by atoms with Crippen LogP contribution in [0.4, 0.5) is 11.4 Å². The lowest BCUT2D eigenvalue weighted by Crippen LogP contribution is -2.24. The maximum Gasteiger partial charge on any atom is 0.169 e. The molecule has 26 heavy (non-hydrogen) atoms. The summed E-state index contributed by atoms with van der Waals surface area (Å²) in [7, 11) is 0. The fourth-order valence-corrected chi connectivity index (χ4v) is 3.33. The number of anilines is 2. The molecule has 6 heteroatoms. The Balaban J connectivity index is 1.60. The van der Waals surface area contributed by atoms with Gasteiger partial charge in [0.2, 0.25) is 0 Å². The quantitative estimate of drug-likeness (QED) is 0.781. The lowest BCUT2D eigenvalue weighted by molar-refractivity contribution is 0.102. The summed E-state index contributed by atoms with van der Waals surface area (Å²) in [6.07, 6.45) is 7.06. The third-order valence-corrected chi connectivity index (χ3v) is 4.65. The molecule has 2 aromatic rings. The van der Waals surface area contributed by atoms with E-state index in [1.807, 2.05) is 24.4 Å². The van der Waals surface area contributed by atoms with Gasteiger partial charge in [-0.05, 0) is 37.6 Å². The van der Waals surface area contributed by atoms with Crippen LogP contribution in [-0.4, -0.2) is 44.4 Å². The van der Waals surface area contributed by atoms with Crippen LogP contribution in [0.2, 0.25) is 0 Å². The van der Waals surface area contributed by atoms with Crippen molar-refractivity contribution < 1.29 is 14.2 Å². The summed E-state index contributed by atoms with van der Waals surface area (Å²) in [4.78, 5) is 6.52. The molecule has 0 fully saturated rings. The Labute approximate surface area is 154 Å². The Bertz CT molecular complexity index is 738. The van der Waals surface area contributed by atoms with E-state index in [4.69, 9.17) is 14.2 Å². The van der Waals surface area contributed by atoms with Gasteiger partial charge in [-0.3, -0.25) is 4.98 Å². The molecule has 0 saturated heterocycles. The highest BCUT2D eigenvalue weighted by Gasteiger charge is 2.24. The number of hydrogen-bond acceptors (Lipinski definition) is 6. The molecule has 0 unspecified atom stereocenters. The van der Waals surface area contributed by atoms with E-state index in [0.717, 1.165) is 61.3 Å². The third-order valence-electron chi connectivity index (χ3n) is 4.65. The van der Waals surface area contributed by atoms with Crippen molar-refractivity contribution in [3.05, 3.63) is 36.7 Å². The van der Waals surface area contributed by atoms with E-state index in [2.05, 4.69) is 21.3 Å². The van der Waals surface area contributed by atoms with Gasteiger partial charge in [0.05, 0.1) is 30.8 Å². The number of hydrogen-bond donors (Lipinski definition) is 1. The fourth-order valence-electron chi connectivity index (χ4n) is 3.33. The molecule has 1 aromatic heterocycles. The molecule has 3 heterocycles. The summed E-state index contributed by atoms with van der Waals surface area (Å²) in [6, 6.07) is 8.00. The van der Waals surface area contributed by atoms with E-state index < -0.39 is 0 Å². The Hall–Kier alpha value is -2.31. The lowest BCUT2D eigenvalue weighted by Gasteiger charge is -2.32. The first-order valence-corrected chi connectivity index (χ1v) is 9.36. The van der Waals surface area contributed by atoms with E-state index in [1.54, 1.807) is 6.20 Å². The normalized spacial score (nSPS) is 18.4. The third kappa shape index (κ3) is 3.92. The van der Waals surface area contributed by atoms with Crippen LogP contribution in [-0.2, 0) is 4.74 Å². The van der Waals surface area contributed by atoms with E-state index in [9.17, 15) is 0 Å². The zero-order valence-corrected chi connectivity index (χ0v) is 14.9. The molecule has 2 aliphatic heterocycles. The number of pyridine rings is 1.